The minimum Gasteiger partial charge on any atom is -0.493 e. The second-order valence-electron chi connectivity index (χ2n) is 6.65. The summed E-state index contributed by atoms with van der Waals surface area (Å²) >= 11 is 0. The van der Waals surface area contributed by atoms with Gasteiger partial charge in [-0.05, 0) is 42.3 Å². The van der Waals surface area contributed by atoms with E-state index < -0.39 is 6.36 Å². The predicted molar refractivity (Wildman–Crippen MR) is 104 cm³/mol. The van der Waals surface area contributed by atoms with Crippen LogP contribution in [0.15, 0.2) is 42.5 Å². The third-order valence-corrected chi connectivity index (χ3v) is 4.75. The van der Waals surface area contributed by atoms with Gasteiger partial charge in [0, 0.05) is 26.2 Å². The highest BCUT2D eigenvalue weighted by molar-refractivity contribution is 5.46. The third-order valence-electron chi connectivity index (χ3n) is 4.75. The Morgan fingerprint density at radius 2 is 1.66 bits per heavy atom. The van der Waals surface area contributed by atoms with E-state index in [1.807, 2.05) is 25.1 Å². The largest absolute Gasteiger partial charge is 0.573 e. The Labute approximate surface area is 168 Å². The van der Waals surface area contributed by atoms with Crippen molar-refractivity contribution in [2.45, 2.75) is 19.3 Å². The maximum absolute atomic E-state index is 12.5. The van der Waals surface area contributed by atoms with Crippen molar-refractivity contribution in [3.8, 4) is 17.2 Å². The number of hydrogen-bond acceptors (Lipinski definition) is 5. The number of methoxy groups -OCH3 is 1. The van der Waals surface area contributed by atoms with Crippen molar-refractivity contribution in [3.63, 3.8) is 0 Å². The van der Waals surface area contributed by atoms with E-state index in [-0.39, 0.29) is 11.8 Å². The molecule has 1 N–H and O–H groups in total. The lowest BCUT2D eigenvalue weighted by atomic mass is 9.96. The van der Waals surface area contributed by atoms with Gasteiger partial charge in [0.1, 0.15) is 5.75 Å². The van der Waals surface area contributed by atoms with E-state index in [1.54, 1.807) is 19.2 Å². The fraction of sp³-hybridized carbons (Fsp3) is 0.429. The number of piperazine rings is 1. The van der Waals surface area contributed by atoms with E-state index in [2.05, 4.69) is 15.0 Å². The van der Waals surface area contributed by atoms with Crippen molar-refractivity contribution in [3.05, 3.63) is 53.6 Å². The Morgan fingerprint density at radius 1 is 1.00 bits per heavy atom. The highest BCUT2D eigenvalue weighted by Crippen LogP contribution is 2.36. The molecule has 3 rings (SSSR count). The van der Waals surface area contributed by atoms with Crippen molar-refractivity contribution in [1.82, 2.24) is 10.2 Å². The van der Waals surface area contributed by atoms with Crippen LogP contribution in [0.2, 0.25) is 0 Å². The van der Waals surface area contributed by atoms with Crippen molar-refractivity contribution >= 4 is 0 Å². The van der Waals surface area contributed by atoms with E-state index in [4.69, 9.17) is 9.47 Å². The summed E-state index contributed by atoms with van der Waals surface area (Å²) in [7, 11) is 1.59. The van der Waals surface area contributed by atoms with Gasteiger partial charge in [-0.2, -0.15) is 0 Å². The number of hydrogen-bond donors (Lipinski definition) is 1. The summed E-state index contributed by atoms with van der Waals surface area (Å²) in [5, 5.41) is 3.32. The van der Waals surface area contributed by atoms with Crippen molar-refractivity contribution in [2.75, 3.05) is 39.9 Å². The van der Waals surface area contributed by atoms with E-state index in [0.29, 0.717) is 18.1 Å². The fourth-order valence-corrected chi connectivity index (χ4v) is 3.54. The average molecular weight is 410 g/mol. The van der Waals surface area contributed by atoms with Gasteiger partial charge < -0.3 is 19.5 Å². The molecule has 1 heterocycles. The maximum Gasteiger partial charge on any atom is 0.573 e. The Balaban J connectivity index is 1.95. The maximum atomic E-state index is 12.5. The second kappa shape index (κ2) is 9.37. The second-order valence-corrected chi connectivity index (χ2v) is 6.65. The molecular formula is C21H25F3N2O3. The highest BCUT2D eigenvalue weighted by atomic mass is 19.4. The van der Waals surface area contributed by atoms with Gasteiger partial charge in [-0.15, -0.1) is 13.2 Å². The zero-order valence-corrected chi connectivity index (χ0v) is 16.5. The summed E-state index contributed by atoms with van der Waals surface area (Å²) < 4.78 is 52.5. The van der Waals surface area contributed by atoms with Crippen molar-refractivity contribution in [1.29, 1.82) is 0 Å². The molecule has 0 radical (unpaired) electrons. The van der Waals surface area contributed by atoms with Crippen LogP contribution in [0, 0.1) is 0 Å². The van der Waals surface area contributed by atoms with Gasteiger partial charge in [0.25, 0.3) is 0 Å². The molecule has 0 saturated carbocycles. The quantitative estimate of drug-likeness (QED) is 0.748. The summed E-state index contributed by atoms with van der Waals surface area (Å²) in [5.74, 6) is 1.05. The van der Waals surface area contributed by atoms with Crippen LogP contribution in [0.1, 0.15) is 24.1 Å². The summed E-state index contributed by atoms with van der Waals surface area (Å²) in [6.45, 7) is 5.76. The Kier molecular flexibility index (Phi) is 6.87. The van der Waals surface area contributed by atoms with E-state index in [9.17, 15) is 13.2 Å². The first-order valence-corrected chi connectivity index (χ1v) is 9.52. The van der Waals surface area contributed by atoms with E-state index in [0.717, 1.165) is 37.3 Å². The Morgan fingerprint density at radius 3 is 2.24 bits per heavy atom. The summed E-state index contributed by atoms with van der Waals surface area (Å²) in [6.07, 6.45) is -4.71. The van der Waals surface area contributed by atoms with Crippen LogP contribution < -0.4 is 19.5 Å². The number of rotatable bonds is 7. The molecule has 1 aliphatic rings. The molecular weight excluding hydrogens is 385 g/mol. The van der Waals surface area contributed by atoms with Crippen LogP contribution >= 0.6 is 0 Å². The predicted octanol–water partition coefficient (Wildman–Crippen LogP) is 3.99. The molecule has 29 heavy (non-hydrogen) atoms. The molecule has 158 valence electrons. The number of alkyl halides is 3. The molecule has 0 bridgehead atoms. The van der Waals surface area contributed by atoms with E-state index >= 15 is 0 Å². The van der Waals surface area contributed by atoms with Crippen LogP contribution in [0.3, 0.4) is 0 Å². The van der Waals surface area contributed by atoms with Crippen LogP contribution in [-0.4, -0.2) is 51.2 Å². The van der Waals surface area contributed by atoms with E-state index in [1.165, 1.54) is 12.1 Å². The summed E-state index contributed by atoms with van der Waals surface area (Å²) in [4.78, 5) is 2.30. The minimum absolute atomic E-state index is 0.124. The molecule has 0 spiro atoms. The van der Waals surface area contributed by atoms with Crippen LogP contribution in [0.5, 0.6) is 17.2 Å². The van der Waals surface area contributed by atoms with Gasteiger partial charge in [0.05, 0.1) is 19.8 Å². The smallest absolute Gasteiger partial charge is 0.493 e. The minimum atomic E-state index is -4.71. The lowest BCUT2D eigenvalue weighted by Crippen LogP contribution is -2.45. The van der Waals surface area contributed by atoms with Gasteiger partial charge in [0.2, 0.25) is 0 Å². The molecule has 1 aliphatic heterocycles. The number of halogens is 3. The van der Waals surface area contributed by atoms with Crippen LogP contribution in [-0.2, 0) is 0 Å². The lowest BCUT2D eigenvalue weighted by Gasteiger charge is -2.36. The first-order chi connectivity index (χ1) is 13.9. The third kappa shape index (κ3) is 5.55. The molecule has 2 aromatic carbocycles. The van der Waals surface area contributed by atoms with Gasteiger partial charge in [-0.3, -0.25) is 4.90 Å². The van der Waals surface area contributed by atoms with Gasteiger partial charge in [-0.1, -0.05) is 18.2 Å². The molecule has 8 heteroatoms. The standard InChI is InChI=1S/C21H25F3N2O3/c1-3-28-18-9-6-16(14-19(18)27-2)20(26-12-10-25-11-13-26)15-4-7-17(8-5-15)29-21(22,23)24/h4-9,14,20,25H,3,10-13H2,1-2H3/t20-/m0/s1. The molecule has 0 aliphatic carbocycles. The normalized spacial score (nSPS) is 16.3. The molecule has 1 atom stereocenters. The van der Waals surface area contributed by atoms with Crippen molar-refractivity contribution in [2.24, 2.45) is 0 Å². The first-order valence-electron chi connectivity index (χ1n) is 9.52. The van der Waals surface area contributed by atoms with Gasteiger partial charge in [-0.25, -0.2) is 0 Å². The molecule has 5 nitrogen and oxygen atoms in total. The molecule has 1 fully saturated rings. The molecule has 0 unspecified atom stereocenters. The van der Waals surface area contributed by atoms with Crippen LogP contribution in [0.25, 0.3) is 0 Å². The first kappa shape index (κ1) is 21.3. The molecule has 0 amide bonds. The van der Waals surface area contributed by atoms with Crippen molar-refractivity contribution < 1.29 is 27.4 Å². The lowest BCUT2D eigenvalue weighted by molar-refractivity contribution is -0.274. The number of ether oxygens (including phenoxy) is 3. The number of nitrogens with zero attached hydrogens (tertiary/aromatic N) is 1. The monoisotopic (exact) mass is 410 g/mol. The fourth-order valence-electron chi connectivity index (χ4n) is 3.54. The Bertz CT molecular complexity index is 791. The van der Waals surface area contributed by atoms with Crippen LogP contribution in [0.4, 0.5) is 13.2 Å². The van der Waals surface area contributed by atoms with Gasteiger partial charge in [0.15, 0.2) is 11.5 Å². The number of nitrogens with one attached hydrogen (secondary N) is 1. The number of benzene rings is 2. The topological polar surface area (TPSA) is 43.0 Å². The average Bonchev–Trinajstić information content (AvgIpc) is 2.70. The zero-order valence-electron chi connectivity index (χ0n) is 16.5. The summed E-state index contributed by atoms with van der Waals surface area (Å²) in [5.41, 5.74) is 1.87. The highest BCUT2D eigenvalue weighted by Gasteiger charge is 2.31. The SMILES string of the molecule is CCOc1ccc([C@H](c2ccc(OC(F)(F)F)cc2)N2CCNCC2)cc1OC. The molecule has 1 saturated heterocycles. The zero-order chi connectivity index (χ0) is 20.9. The molecule has 2 aromatic rings. The van der Waals surface area contributed by atoms with Gasteiger partial charge >= 0.3 is 6.36 Å². The molecule has 0 aromatic heterocycles. The summed E-state index contributed by atoms with van der Waals surface area (Å²) in [6, 6.07) is 11.7. The Hall–Kier alpha value is -2.45.